The number of carboxylic acid groups (broad SMARTS) is 2. The van der Waals surface area contributed by atoms with Gasteiger partial charge < -0.3 is 25.6 Å². The molecule has 2 amide bonds. The van der Waals surface area contributed by atoms with Crippen molar-refractivity contribution in [3.05, 3.63) is 11.3 Å². The highest BCUT2D eigenvalue weighted by Gasteiger charge is 2.57. The molecule has 4 rings (SSSR count). The van der Waals surface area contributed by atoms with E-state index in [1.165, 1.54) is 40.4 Å². The van der Waals surface area contributed by atoms with Crippen LogP contribution in [0.5, 0.6) is 0 Å². The summed E-state index contributed by atoms with van der Waals surface area (Å²) < 4.78 is 5.10. The first-order valence-electron chi connectivity index (χ1n) is 9.32. The molecule has 30 heavy (non-hydrogen) atoms. The zero-order valence-electron chi connectivity index (χ0n) is 16.0. The van der Waals surface area contributed by atoms with E-state index in [4.69, 9.17) is 10.5 Å². The predicted octanol–water partition coefficient (Wildman–Crippen LogP) is -1.84. The number of carbonyl (C=O) groups is 4. The summed E-state index contributed by atoms with van der Waals surface area (Å²) >= 11 is 2.87. The van der Waals surface area contributed by atoms with E-state index in [9.17, 15) is 29.4 Å². The predicted molar refractivity (Wildman–Crippen MR) is 107 cm³/mol. The number of fused-ring (bicyclic) bond motifs is 2. The summed E-state index contributed by atoms with van der Waals surface area (Å²) in [6, 6.07) is -2.26. The van der Waals surface area contributed by atoms with Crippen LogP contribution in [-0.4, -0.2) is 104 Å². The smallest absolute Gasteiger partial charge is 0.352 e. The maximum atomic E-state index is 12.7. The molecule has 164 valence electrons. The second-order valence-electron chi connectivity index (χ2n) is 7.52. The second-order valence-corrected chi connectivity index (χ2v) is 9.77. The molecule has 4 aliphatic rings. The van der Waals surface area contributed by atoms with Gasteiger partial charge in [-0.25, -0.2) is 9.59 Å². The molecule has 0 spiro atoms. The molecule has 3 fully saturated rings. The standard InChI is InChI=1S/C17H22N4O7S2/c1-28-3-7-5-30-15-9(13(23)21(15)11(7)17(26)27)19-2-6-4-29-14-8(18)12(22)20(14)10(6)16(24)25/h7-9,11,14-15,19H,2-5,18H2,1H3,(H,24,25)(H,26,27)/t7?,8-,9-,11?,14-,15-/m1/s1. The van der Waals surface area contributed by atoms with Gasteiger partial charge >= 0.3 is 11.9 Å². The summed E-state index contributed by atoms with van der Waals surface area (Å²) in [6.45, 7) is 0.360. The van der Waals surface area contributed by atoms with Gasteiger partial charge in [0.1, 0.15) is 34.6 Å². The third-order valence-corrected chi connectivity index (χ3v) is 8.59. The molecule has 13 heteroatoms. The van der Waals surface area contributed by atoms with E-state index >= 15 is 0 Å². The first-order chi connectivity index (χ1) is 14.3. The van der Waals surface area contributed by atoms with Crippen molar-refractivity contribution >= 4 is 47.3 Å². The first-order valence-corrected chi connectivity index (χ1v) is 11.4. The Morgan fingerprint density at radius 2 is 1.97 bits per heavy atom. The van der Waals surface area contributed by atoms with Crippen molar-refractivity contribution in [3.63, 3.8) is 0 Å². The lowest BCUT2D eigenvalue weighted by molar-refractivity contribution is -0.165. The Labute approximate surface area is 180 Å². The fourth-order valence-corrected chi connectivity index (χ4v) is 7.13. The number of nitrogens with two attached hydrogens (primary N) is 1. The highest BCUT2D eigenvalue weighted by Crippen LogP contribution is 2.42. The zero-order valence-corrected chi connectivity index (χ0v) is 17.6. The van der Waals surface area contributed by atoms with Gasteiger partial charge in [0.2, 0.25) is 11.8 Å². The van der Waals surface area contributed by atoms with Crippen molar-refractivity contribution < 1.29 is 34.1 Å². The molecule has 3 saturated heterocycles. The average Bonchev–Trinajstić information content (AvgIpc) is 2.72. The normalized spacial score (nSPS) is 35.4. The number of thioether (sulfide) groups is 2. The Morgan fingerprint density at radius 1 is 1.23 bits per heavy atom. The van der Waals surface area contributed by atoms with Crippen molar-refractivity contribution in [2.75, 3.05) is 31.8 Å². The Hall–Kier alpha value is -1.80. The van der Waals surface area contributed by atoms with Crippen LogP contribution >= 0.6 is 23.5 Å². The van der Waals surface area contributed by atoms with E-state index in [1.54, 1.807) is 0 Å². The maximum absolute atomic E-state index is 12.7. The van der Waals surface area contributed by atoms with E-state index in [0.717, 1.165) is 0 Å². The van der Waals surface area contributed by atoms with Gasteiger partial charge in [-0.2, -0.15) is 0 Å². The van der Waals surface area contributed by atoms with Gasteiger partial charge in [-0.15, -0.1) is 23.5 Å². The fourth-order valence-electron chi connectivity index (χ4n) is 4.31. The summed E-state index contributed by atoms with van der Waals surface area (Å²) in [5, 5.41) is 21.5. The highest BCUT2D eigenvalue weighted by molar-refractivity contribution is 8.00. The van der Waals surface area contributed by atoms with Crippen LogP contribution in [0.1, 0.15) is 0 Å². The first kappa shape index (κ1) is 21.4. The minimum absolute atomic E-state index is 0.0820. The number of aliphatic carboxylic acids is 2. The molecular formula is C17H22N4O7S2. The molecule has 0 aromatic carbocycles. The van der Waals surface area contributed by atoms with Gasteiger partial charge in [-0.05, 0) is 5.57 Å². The maximum Gasteiger partial charge on any atom is 0.352 e. The molecule has 0 aromatic heterocycles. The number of hydrogen-bond acceptors (Lipinski definition) is 9. The van der Waals surface area contributed by atoms with Crippen LogP contribution in [-0.2, 0) is 23.9 Å². The van der Waals surface area contributed by atoms with Crippen molar-refractivity contribution in [1.29, 1.82) is 0 Å². The van der Waals surface area contributed by atoms with Gasteiger partial charge in [-0.1, -0.05) is 0 Å². The number of β-lactam (4-membered cyclic amide) rings is 2. The van der Waals surface area contributed by atoms with Crippen LogP contribution in [0, 0.1) is 5.92 Å². The Bertz CT molecular complexity index is 837. The number of rotatable bonds is 7. The van der Waals surface area contributed by atoms with Crippen LogP contribution < -0.4 is 11.1 Å². The van der Waals surface area contributed by atoms with Crippen molar-refractivity contribution in [2.24, 2.45) is 11.7 Å². The molecule has 0 aromatic rings. The topological polar surface area (TPSA) is 162 Å². The summed E-state index contributed by atoms with van der Waals surface area (Å²) in [5.74, 6) is -2.41. The van der Waals surface area contributed by atoms with E-state index < -0.39 is 36.0 Å². The summed E-state index contributed by atoms with van der Waals surface area (Å²) in [4.78, 5) is 50.8. The van der Waals surface area contributed by atoms with E-state index in [0.29, 0.717) is 17.1 Å². The van der Waals surface area contributed by atoms with Crippen LogP contribution in [0.4, 0.5) is 0 Å². The third-order valence-electron chi connectivity index (χ3n) is 5.77. The molecule has 0 saturated carbocycles. The lowest BCUT2D eigenvalue weighted by Crippen LogP contribution is -2.75. The average molecular weight is 459 g/mol. The number of hydrogen-bond donors (Lipinski definition) is 4. The highest BCUT2D eigenvalue weighted by atomic mass is 32.2. The number of carboxylic acids is 2. The van der Waals surface area contributed by atoms with E-state index in [1.807, 2.05) is 0 Å². The number of ether oxygens (including phenoxy) is 1. The quantitative estimate of drug-likeness (QED) is 0.317. The molecule has 5 N–H and O–H groups in total. The molecule has 0 radical (unpaired) electrons. The van der Waals surface area contributed by atoms with Crippen LogP contribution in [0.25, 0.3) is 0 Å². The van der Waals surface area contributed by atoms with Crippen LogP contribution in [0.2, 0.25) is 0 Å². The lowest BCUT2D eigenvalue weighted by Gasteiger charge is -2.54. The minimum Gasteiger partial charge on any atom is -0.480 e. The molecule has 6 atom stereocenters. The van der Waals surface area contributed by atoms with Gasteiger partial charge in [0, 0.05) is 31.1 Å². The summed E-state index contributed by atoms with van der Waals surface area (Å²) in [6.07, 6.45) is 0. The molecule has 4 heterocycles. The number of carbonyl (C=O) groups excluding carboxylic acids is 2. The van der Waals surface area contributed by atoms with Gasteiger partial charge in [-0.3, -0.25) is 19.8 Å². The monoisotopic (exact) mass is 458 g/mol. The van der Waals surface area contributed by atoms with E-state index in [2.05, 4.69) is 5.32 Å². The molecule has 0 bridgehead atoms. The van der Waals surface area contributed by atoms with Gasteiger partial charge in [0.15, 0.2) is 0 Å². The minimum atomic E-state index is -1.21. The largest absolute Gasteiger partial charge is 0.480 e. The van der Waals surface area contributed by atoms with Crippen molar-refractivity contribution in [1.82, 2.24) is 15.1 Å². The Balaban J connectivity index is 1.46. The number of nitrogens with one attached hydrogen (secondary N) is 1. The fraction of sp³-hybridized carbons (Fsp3) is 0.647. The SMILES string of the molecule is COCC1CS[C@@H]2[C@H](NCC3=C(C(=O)O)N4C(=O)[C@@H](N)[C@H]4SC3)C(=O)N2C1C(=O)O. The van der Waals surface area contributed by atoms with Crippen LogP contribution in [0.3, 0.4) is 0 Å². The van der Waals surface area contributed by atoms with Gasteiger partial charge in [0.05, 0.1) is 6.61 Å². The van der Waals surface area contributed by atoms with Gasteiger partial charge in [0.25, 0.3) is 0 Å². The molecule has 4 aliphatic heterocycles. The number of nitrogens with zero attached hydrogens (tertiary/aromatic N) is 2. The summed E-state index contributed by atoms with van der Waals surface area (Å²) in [5.41, 5.74) is 6.17. The molecule has 2 unspecified atom stereocenters. The van der Waals surface area contributed by atoms with Crippen molar-refractivity contribution in [3.8, 4) is 0 Å². The molecule has 0 aliphatic carbocycles. The summed E-state index contributed by atoms with van der Waals surface area (Å²) in [7, 11) is 1.49. The van der Waals surface area contributed by atoms with Crippen LogP contribution in [0.15, 0.2) is 11.3 Å². The molecular weight excluding hydrogens is 436 g/mol. The molecule has 11 nitrogen and oxygen atoms in total. The zero-order chi connectivity index (χ0) is 21.7. The second kappa shape index (κ2) is 8.04. The number of amides is 2. The lowest BCUT2D eigenvalue weighted by atomic mass is 9.94. The van der Waals surface area contributed by atoms with E-state index in [-0.39, 0.29) is 41.4 Å². The Morgan fingerprint density at radius 3 is 2.60 bits per heavy atom. The number of methoxy groups -OCH3 is 1. The Kier molecular flexibility index (Phi) is 5.74. The third kappa shape index (κ3) is 3.19. The van der Waals surface area contributed by atoms with Crippen molar-refractivity contribution in [2.45, 2.75) is 28.9 Å².